The highest BCUT2D eigenvalue weighted by atomic mass is 16.2. The molecule has 0 N–H and O–H groups in total. The van der Waals surface area contributed by atoms with Crippen molar-refractivity contribution in [2.24, 2.45) is 0 Å². The molecule has 2 aliphatic rings. The van der Waals surface area contributed by atoms with Crippen LogP contribution in [-0.4, -0.2) is 59.3 Å². The van der Waals surface area contributed by atoms with Crippen molar-refractivity contribution in [3.05, 3.63) is 71.9 Å². The third kappa shape index (κ3) is 4.03. The molecule has 2 aromatic carbocycles. The number of rotatable bonds is 4. The molecule has 3 heterocycles. The lowest BCUT2D eigenvalue weighted by atomic mass is 10.1. The van der Waals surface area contributed by atoms with Gasteiger partial charge >= 0.3 is 0 Å². The Hall–Kier alpha value is -3.25. The van der Waals surface area contributed by atoms with Gasteiger partial charge < -0.3 is 9.80 Å². The summed E-state index contributed by atoms with van der Waals surface area (Å²) in [6.45, 7) is 4.63. The molecule has 0 aliphatic carbocycles. The van der Waals surface area contributed by atoms with E-state index in [-0.39, 0.29) is 11.8 Å². The molecule has 0 saturated carbocycles. The van der Waals surface area contributed by atoms with Crippen LogP contribution in [0.5, 0.6) is 0 Å². The fourth-order valence-corrected chi connectivity index (χ4v) is 4.56. The van der Waals surface area contributed by atoms with Gasteiger partial charge in [0.2, 0.25) is 5.91 Å². The van der Waals surface area contributed by atoms with Crippen molar-refractivity contribution in [2.75, 3.05) is 37.6 Å². The molecule has 1 aromatic heterocycles. The number of para-hydroxylation sites is 1. The predicted octanol–water partition coefficient (Wildman–Crippen LogP) is 3.32. The van der Waals surface area contributed by atoms with Crippen LogP contribution in [0.2, 0.25) is 0 Å². The highest BCUT2D eigenvalue weighted by molar-refractivity contribution is 5.99. The van der Waals surface area contributed by atoms with Gasteiger partial charge in [0.25, 0.3) is 5.91 Å². The van der Waals surface area contributed by atoms with E-state index in [2.05, 4.69) is 34.1 Å². The Morgan fingerprint density at radius 3 is 2.55 bits per heavy atom. The second-order valence-electron chi connectivity index (χ2n) is 8.26. The lowest BCUT2D eigenvalue weighted by Crippen LogP contribution is -2.48. The van der Waals surface area contributed by atoms with Crippen molar-refractivity contribution in [1.82, 2.24) is 14.8 Å². The van der Waals surface area contributed by atoms with Gasteiger partial charge in [0, 0.05) is 68.5 Å². The monoisotopic (exact) mass is 414 g/mol. The highest BCUT2D eigenvalue weighted by Crippen LogP contribution is 2.23. The molecular formula is C25H26N4O2. The molecule has 6 heteroatoms. The molecule has 3 aromatic rings. The number of pyridine rings is 1. The Bertz CT molecular complexity index is 1120. The van der Waals surface area contributed by atoms with Crippen LogP contribution in [0.1, 0.15) is 28.8 Å². The first kappa shape index (κ1) is 19.7. The van der Waals surface area contributed by atoms with Crippen LogP contribution in [0, 0.1) is 0 Å². The quantitative estimate of drug-likeness (QED) is 0.657. The molecular weight excluding hydrogens is 388 g/mol. The van der Waals surface area contributed by atoms with Gasteiger partial charge in [0.15, 0.2) is 0 Å². The number of nitrogens with zero attached hydrogens (tertiary/aromatic N) is 4. The summed E-state index contributed by atoms with van der Waals surface area (Å²) >= 11 is 0. The average Bonchev–Trinajstić information content (AvgIpc) is 3.25. The van der Waals surface area contributed by atoms with Crippen LogP contribution in [0.4, 0.5) is 5.69 Å². The van der Waals surface area contributed by atoms with Gasteiger partial charge in [-0.15, -0.1) is 0 Å². The Balaban J connectivity index is 1.23. The molecule has 0 spiro atoms. The normalized spacial score (nSPS) is 17.5. The first-order valence-corrected chi connectivity index (χ1v) is 10.9. The Morgan fingerprint density at radius 2 is 1.74 bits per heavy atom. The zero-order chi connectivity index (χ0) is 21.2. The molecule has 2 saturated heterocycles. The predicted molar refractivity (Wildman–Crippen MR) is 121 cm³/mol. The molecule has 6 nitrogen and oxygen atoms in total. The van der Waals surface area contributed by atoms with Crippen LogP contribution < -0.4 is 4.90 Å². The molecule has 2 amide bonds. The Labute approximate surface area is 182 Å². The van der Waals surface area contributed by atoms with Gasteiger partial charge in [0.1, 0.15) is 0 Å². The van der Waals surface area contributed by atoms with Gasteiger partial charge in [-0.05, 0) is 36.2 Å². The molecule has 0 unspecified atom stereocenters. The molecule has 31 heavy (non-hydrogen) atoms. The van der Waals surface area contributed by atoms with Crippen molar-refractivity contribution < 1.29 is 9.59 Å². The van der Waals surface area contributed by atoms with E-state index >= 15 is 0 Å². The zero-order valence-corrected chi connectivity index (χ0v) is 17.5. The van der Waals surface area contributed by atoms with Crippen LogP contribution >= 0.6 is 0 Å². The van der Waals surface area contributed by atoms with Crippen LogP contribution in [0.3, 0.4) is 0 Å². The van der Waals surface area contributed by atoms with Gasteiger partial charge in [-0.1, -0.05) is 30.3 Å². The summed E-state index contributed by atoms with van der Waals surface area (Å²) in [5.74, 6) is 0.182. The smallest absolute Gasteiger partial charge is 0.254 e. The minimum Gasteiger partial charge on any atom is -0.336 e. The number of aromatic nitrogens is 1. The summed E-state index contributed by atoms with van der Waals surface area (Å²) in [5.41, 5.74) is 3.76. The lowest BCUT2D eigenvalue weighted by Gasteiger charge is -2.35. The standard InChI is InChI=1S/C25H26N4O2/c30-23-10-4-12-29(23)22-9-2-6-20(17-22)25(31)28-15-13-27(14-16-28)18-21-7-1-5-19-8-3-11-26-24(19)21/h1-3,5-9,11,17H,4,10,12-16,18H2. The topological polar surface area (TPSA) is 56.8 Å². The fraction of sp³-hybridized carbons (Fsp3) is 0.320. The van der Waals surface area contributed by atoms with E-state index in [4.69, 9.17) is 0 Å². The third-order valence-corrected chi connectivity index (χ3v) is 6.25. The number of carbonyl (C=O) groups is 2. The van der Waals surface area contributed by atoms with E-state index in [1.54, 1.807) is 4.90 Å². The van der Waals surface area contributed by atoms with Gasteiger partial charge in [-0.25, -0.2) is 0 Å². The maximum atomic E-state index is 13.1. The van der Waals surface area contributed by atoms with Crippen LogP contribution in [0.15, 0.2) is 60.8 Å². The number of amides is 2. The number of carbonyl (C=O) groups excluding carboxylic acids is 2. The first-order valence-electron chi connectivity index (χ1n) is 10.9. The second-order valence-corrected chi connectivity index (χ2v) is 8.26. The number of fused-ring (bicyclic) bond motifs is 1. The largest absolute Gasteiger partial charge is 0.336 e. The molecule has 0 atom stereocenters. The number of hydrogen-bond donors (Lipinski definition) is 0. The molecule has 2 aliphatic heterocycles. The molecule has 0 radical (unpaired) electrons. The third-order valence-electron chi connectivity index (χ3n) is 6.25. The maximum absolute atomic E-state index is 13.1. The van der Waals surface area contributed by atoms with Crippen molar-refractivity contribution >= 4 is 28.4 Å². The highest BCUT2D eigenvalue weighted by Gasteiger charge is 2.25. The number of anilines is 1. The van der Waals surface area contributed by atoms with Crippen LogP contribution in [0.25, 0.3) is 10.9 Å². The van der Waals surface area contributed by atoms with E-state index < -0.39 is 0 Å². The minimum atomic E-state index is 0.0416. The number of benzene rings is 2. The maximum Gasteiger partial charge on any atom is 0.254 e. The van der Waals surface area contributed by atoms with E-state index in [1.165, 1.54) is 5.56 Å². The number of hydrogen-bond acceptors (Lipinski definition) is 4. The second kappa shape index (κ2) is 8.47. The van der Waals surface area contributed by atoms with Crippen molar-refractivity contribution in [2.45, 2.75) is 19.4 Å². The number of piperazine rings is 1. The lowest BCUT2D eigenvalue weighted by molar-refractivity contribution is -0.117. The van der Waals surface area contributed by atoms with E-state index in [0.29, 0.717) is 25.1 Å². The summed E-state index contributed by atoms with van der Waals surface area (Å²) in [6, 6.07) is 17.9. The minimum absolute atomic E-state index is 0.0416. The molecule has 5 rings (SSSR count). The average molecular weight is 415 g/mol. The van der Waals surface area contributed by atoms with E-state index in [1.807, 2.05) is 41.4 Å². The van der Waals surface area contributed by atoms with Crippen molar-refractivity contribution in [3.8, 4) is 0 Å². The summed E-state index contributed by atoms with van der Waals surface area (Å²) in [7, 11) is 0. The summed E-state index contributed by atoms with van der Waals surface area (Å²) in [4.78, 5) is 35.8. The fourth-order valence-electron chi connectivity index (χ4n) is 4.56. The van der Waals surface area contributed by atoms with E-state index in [0.717, 1.165) is 49.2 Å². The first-order chi connectivity index (χ1) is 15.2. The van der Waals surface area contributed by atoms with Gasteiger partial charge in [0.05, 0.1) is 5.52 Å². The Morgan fingerprint density at radius 1 is 0.935 bits per heavy atom. The molecule has 0 bridgehead atoms. The van der Waals surface area contributed by atoms with E-state index in [9.17, 15) is 9.59 Å². The zero-order valence-electron chi connectivity index (χ0n) is 17.5. The summed E-state index contributed by atoms with van der Waals surface area (Å²) in [5, 5.41) is 1.16. The van der Waals surface area contributed by atoms with Gasteiger partial charge in [-0.2, -0.15) is 0 Å². The molecule has 2 fully saturated rings. The summed E-state index contributed by atoms with van der Waals surface area (Å²) in [6.07, 6.45) is 3.31. The van der Waals surface area contributed by atoms with Crippen molar-refractivity contribution in [3.63, 3.8) is 0 Å². The van der Waals surface area contributed by atoms with Crippen LogP contribution in [-0.2, 0) is 11.3 Å². The summed E-state index contributed by atoms with van der Waals surface area (Å²) < 4.78 is 0. The van der Waals surface area contributed by atoms with Gasteiger partial charge in [-0.3, -0.25) is 19.5 Å². The Kier molecular flexibility index (Phi) is 5.38. The SMILES string of the molecule is O=C(c1cccc(N2CCCC2=O)c1)N1CCN(Cc2cccc3cccnc23)CC1. The molecule has 158 valence electrons. The van der Waals surface area contributed by atoms with Crippen molar-refractivity contribution in [1.29, 1.82) is 0 Å².